The lowest BCUT2D eigenvalue weighted by Crippen LogP contribution is -2.42. The molecule has 2 amide bonds. The Kier molecular flexibility index (Phi) is 4.58. The Hall–Kier alpha value is -2.23. The summed E-state index contributed by atoms with van der Waals surface area (Å²) in [5.74, 6) is -1.14. The molecular weight excluding hydrogens is 539 g/mol. The summed E-state index contributed by atoms with van der Waals surface area (Å²) < 4.78 is 14.5. The molecule has 6 unspecified atom stereocenters. The summed E-state index contributed by atoms with van der Waals surface area (Å²) in [5.41, 5.74) is 1.57. The molecule has 1 saturated heterocycles. The number of anilines is 1. The number of hydrogen-bond acceptors (Lipinski definition) is 5. The highest BCUT2D eigenvalue weighted by Crippen LogP contribution is 2.68. The zero-order valence-corrected chi connectivity index (χ0v) is 20.8. The molecule has 3 fully saturated rings. The van der Waals surface area contributed by atoms with Crippen molar-refractivity contribution in [3.63, 3.8) is 0 Å². The summed E-state index contributed by atoms with van der Waals surface area (Å²) in [5, 5.41) is 1.06. The molecule has 3 aromatic rings. The SMILES string of the molecule is O=C1C2C3CC(C2C(=O)N1c1ccc(F)cc1)C1C3Sc2[nH]c(=O)sc2[C@@H]1c1ccc(Br)cc1. The minimum atomic E-state index is -0.400. The van der Waals surface area contributed by atoms with Gasteiger partial charge in [0.05, 0.1) is 22.5 Å². The first-order valence-corrected chi connectivity index (χ1v) is 13.7. The summed E-state index contributed by atoms with van der Waals surface area (Å²) in [6.45, 7) is 0. The first kappa shape index (κ1) is 21.1. The molecule has 2 aliphatic heterocycles. The van der Waals surface area contributed by atoms with Crippen LogP contribution in [0.2, 0.25) is 0 Å². The number of imide groups is 1. The molecule has 172 valence electrons. The Morgan fingerprint density at radius 2 is 1.62 bits per heavy atom. The van der Waals surface area contributed by atoms with Crippen LogP contribution in [0.15, 0.2) is 62.8 Å². The van der Waals surface area contributed by atoms with Gasteiger partial charge in [0.1, 0.15) is 5.82 Å². The third-order valence-corrected chi connectivity index (χ3v) is 11.2. The maximum absolute atomic E-state index is 13.6. The van der Waals surface area contributed by atoms with Gasteiger partial charge in [-0.25, -0.2) is 4.39 Å². The molecule has 7 atom stereocenters. The van der Waals surface area contributed by atoms with Crippen molar-refractivity contribution in [3.8, 4) is 0 Å². The largest absolute Gasteiger partial charge is 0.307 e. The quantitative estimate of drug-likeness (QED) is 0.450. The van der Waals surface area contributed by atoms with Gasteiger partial charge in [-0.3, -0.25) is 19.3 Å². The molecule has 9 heteroatoms. The van der Waals surface area contributed by atoms with Crippen LogP contribution in [0.1, 0.15) is 22.8 Å². The highest BCUT2D eigenvalue weighted by Gasteiger charge is 2.69. The van der Waals surface area contributed by atoms with E-state index in [1.807, 2.05) is 12.1 Å². The van der Waals surface area contributed by atoms with Crippen LogP contribution >= 0.6 is 39.0 Å². The predicted octanol–water partition coefficient (Wildman–Crippen LogP) is 5.02. The summed E-state index contributed by atoms with van der Waals surface area (Å²) in [7, 11) is 0. The van der Waals surface area contributed by atoms with Gasteiger partial charge in [-0.2, -0.15) is 0 Å². The Balaban J connectivity index is 1.32. The van der Waals surface area contributed by atoms with Crippen LogP contribution in [-0.2, 0) is 9.59 Å². The molecule has 2 aromatic carbocycles. The third-order valence-electron chi connectivity index (χ3n) is 8.04. The zero-order valence-electron chi connectivity index (χ0n) is 17.6. The number of carbonyl (C=O) groups excluding carboxylic acids is 2. The van der Waals surface area contributed by atoms with Gasteiger partial charge in [0.25, 0.3) is 0 Å². The van der Waals surface area contributed by atoms with Crippen LogP contribution in [0.25, 0.3) is 0 Å². The second-order valence-electron chi connectivity index (χ2n) is 9.50. The number of nitrogens with zero attached hydrogens (tertiary/aromatic N) is 1. The van der Waals surface area contributed by atoms with Crippen molar-refractivity contribution in [2.45, 2.75) is 22.6 Å². The molecule has 0 radical (unpaired) electrons. The number of thiazole rings is 1. The average Bonchev–Trinajstić information content (AvgIpc) is 3.54. The first-order valence-electron chi connectivity index (χ1n) is 11.2. The van der Waals surface area contributed by atoms with Gasteiger partial charge < -0.3 is 4.98 Å². The van der Waals surface area contributed by atoms with Crippen molar-refractivity contribution >= 4 is 56.5 Å². The van der Waals surface area contributed by atoms with E-state index < -0.39 is 5.82 Å². The Morgan fingerprint density at radius 1 is 0.941 bits per heavy atom. The highest BCUT2D eigenvalue weighted by molar-refractivity contribution is 9.10. The third kappa shape index (κ3) is 2.80. The topological polar surface area (TPSA) is 70.2 Å². The molecule has 2 bridgehead atoms. The summed E-state index contributed by atoms with van der Waals surface area (Å²) in [6.07, 6.45) is 0.846. The standard InChI is InChI=1S/C25H18BrFN2O3S2/c26-11-3-1-10(2-4-11)16-17-14-9-15(20(17)33-22-21(16)34-25(32)28-22)19-18(14)23(30)29(24(19)31)13-7-5-12(27)6-8-13/h1-8,14-20H,9H2,(H,28,32)/t14?,15?,16-,17?,18?,19?,20?/m1/s1. The number of fused-ring (bicyclic) bond motifs is 9. The molecule has 1 aromatic heterocycles. The van der Waals surface area contributed by atoms with E-state index in [4.69, 9.17) is 0 Å². The maximum atomic E-state index is 13.6. The van der Waals surface area contributed by atoms with Gasteiger partial charge in [-0.15, -0.1) is 11.8 Å². The molecule has 1 N–H and O–H groups in total. The number of amides is 2. The van der Waals surface area contributed by atoms with Crippen LogP contribution in [0, 0.1) is 35.4 Å². The Labute approximate surface area is 210 Å². The van der Waals surface area contributed by atoms with Crippen LogP contribution in [0.3, 0.4) is 0 Å². The fraction of sp³-hybridized carbons (Fsp3) is 0.320. The van der Waals surface area contributed by atoms with Crippen molar-refractivity contribution in [1.29, 1.82) is 0 Å². The number of benzene rings is 2. The van der Waals surface area contributed by atoms with Crippen molar-refractivity contribution < 1.29 is 14.0 Å². The van der Waals surface area contributed by atoms with Crippen molar-refractivity contribution in [2.75, 3.05) is 4.90 Å². The number of hydrogen-bond donors (Lipinski definition) is 1. The highest BCUT2D eigenvalue weighted by atomic mass is 79.9. The van der Waals surface area contributed by atoms with Crippen LogP contribution in [0.5, 0.6) is 0 Å². The molecule has 3 heterocycles. The number of H-pyrrole nitrogens is 1. The minimum Gasteiger partial charge on any atom is -0.307 e. The number of halogens is 2. The number of aromatic nitrogens is 1. The molecule has 5 nitrogen and oxygen atoms in total. The second-order valence-corrected chi connectivity index (χ2v) is 12.6. The van der Waals surface area contributed by atoms with Gasteiger partial charge in [0.2, 0.25) is 11.8 Å². The smallest absolute Gasteiger partial charge is 0.305 e. The molecule has 2 saturated carbocycles. The van der Waals surface area contributed by atoms with Crippen molar-refractivity contribution in [1.82, 2.24) is 4.98 Å². The van der Waals surface area contributed by atoms with Crippen LogP contribution < -0.4 is 9.77 Å². The van der Waals surface area contributed by atoms with E-state index in [1.54, 1.807) is 11.8 Å². The van der Waals surface area contributed by atoms with Crippen molar-refractivity contribution in [3.05, 3.63) is 78.9 Å². The van der Waals surface area contributed by atoms with Crippen LogP contribution in [0.4, 0.5) is 10.1 Å². The molecule has 7 rings (SSSR count). The van der Waals surface area contributed by atoms with Crippen molar-refractivity contribution in [2.24, 2.45) is 29.6 Å². The van der Waals surface area contributed by atoms with E-state index in [0.29, 0.717) is 5.69 Å². The minimum absolute atomic E-state index is 0.0111. The molecule has 0 spiro atoms. The lowest BCUT2D eigenvalue weighted by molar-refractivity contribution is -0.123. The first-order chi connectivity index (χ1) is 16.4. The summed E-state index contributed by atoms with van der Waals surface area (Å²) in [4.78, 5) is 44.7. The lowest BCUT2D eigenvalue weighted by atomic mass is 9.68. The number of aromatic amines is 1. The summed E-state index contributed by atoms with van der Waals surface area (Å²) >= 11 is 6.45. The monoisotopic (exact) mass is 556 g/mol. The van der Waals surface area contributed by atoms with Gasteiger partial charge >= 0.3 is 4.87 Å². The summed E-state index contributed by atoms with van der Waals surface area (Å²) in [6, 6.07) is 13.8. The number of carbonyl (C=O) groups is 2. The normalized spacial score (nSPS) is 33.2. The molecule has 4 aliphatic rings. The van der Waals surface area contributed by atoms with Gasteiger partial charge in [0.15, 0.2) is 0 Å². The molecule has 34 heavy (non-hydrogen) atoms. The Bertz CT molecular complexity index is 1400. The second kappa shape index (κ2) is 7.38. The number of nitrogens with one attached hydrogen (secondary N) is 1. The van der Waals surface area contributed by atoms with E-state index in [2.05, 4.69) is 33.0 Å². The number of thioether (sulfide) groups is 1. The lowest BCUT2D eigenvalue weighted by Gasteiger charge is -2.43. The van der Waals surface area contributed by atoms with E-state index >= 15 is 0 Å². The predicted molar refractivity (Wildman–Crippen MR) is 132 cm³/mol. The average molecular weight is 557 g/mol. The molecular formula is C25H18BrFN2O3S2. The van der Waals surface area contributed by atoms with E-state index in [-0.39, 0.29) is 57.4 Å². The van der Waals surface area contributed by atoms with Crippen LogP contribution in [-0.4, -0.2) is 22.0 Å². The Morgan fingerprint density at radius 3 is 2.32 bits per heavy atom. The van der Waals surface area contributed by atoms with Gasteiger partial charge in [-0.1, -0.05) is 39.4 Å². The molecule has 2 aliphatic carbocycles. The van der Waals surface area contributed by atoms with Gasteiger partial charge in [-0.05, 0) is 66.1 Å². The van der Waals surface area contributed by atoms with E-state index in [0.717, 1.165) is 26.4 Å². The van der Waals surface area contributed by atoms with Gasteiger partial charge in [0, 0.05) is 20.5 Å². The fourth-order valence-corrected chi connectivity index (χ4v) is 10.1. The maximum Gasteiger partial charge on any atom is 0.305 e. The fourth-order valence-electron chi connectivity index (χ4n) is 6.90. The van der Waals surface area contributed by atoms with E-state index in [1.165, 1.54) is 40.5 Å². The zero-order chi connectivity index (χ0) is 23.3. The number of rotatable bonds is 2. The van der Waals surface area contributed by atoms with E-state index in [9.17, 15) is 18.8 Å².